The fourth-order valence-electron chi connectivity index (χ4n) is 3.14. The zero-order valence-corrected chi connectivity index (χ0v) is 18.6. The van der Waals surface area contributed by atoms with Crippen molar-refractivity contribution < 1.29 is 29.6 Å². The van der Waals surface area contributed by atoms with Crippen LogP contribution >= 0.6 is 0 Å². The number of aliphatic hydroxyl groups is 2. The summed E-state index contributed by atoms with van der Waals surface area (Å²) in [5.74, 6) is -0.658. The van der Waals surface area contributed by atoms with Gasteiger partial charge in [0.15, 0.2) is 0 Å². The predicted molar refractivity (Wildman–Crippen MR) is 116 cm³/mol. The minimum atomic E-state index is -0.813. The summed E-state index contributed by atoms with van der Waals surface area (Å²) in [6, 6.07) is 4.90. The van der Waals surface area contributed by atoms with Crippen molar-refractivity contribution in [1.82, 2.24) is 10.1 Å². The highest BCUT2D eigenvalue weighted by molar-refractivity contribution is 6.45. The molecule has 0 unspecified atom stereocenters. The quantitative estimate of drug-likeness (QED) is 0.307. The van der Waals surface area contributed by atoms with Crippen LogP contribution in [0.4, 0.5) is 0 Å². The topological polar surface area (TPSA) is 119 Å². The van der Waals surface area contributed by atoms with Gasteiger partial charge in [-0.05, 0) is 64.2 Å². The van der Waals surface area contributed by atoms with Crippen molar-refractivity contribution in [2.75, 3.05) is 26.3 Å². The van der Waals surface area contributed by atoms with Crippen molar-refractivity contribution in [1.29, 1.82) is 0 Å². The molecule has 9 heteroatoms. The summed E-state index contributed by atoms with van der Waals surface area (Å²) in [6.45, 7) is 8.76. The zero-order chi connectivity index (χ0) is 22.9. The summed E-state index contributed by atoms with van der Waals surface area (Å²) < 4.78 is 5.40. The molecule has 4 N–H and O–H groups in total. The van der Waals surface area contributed by atoms with Crippen molar-refractivity contribution in [3.63, 3.8) is 0 Å². The van der Waals surface area contributed by atoms with Gasteiger partial charge in [-0.1, -0.05) is 6.07 Å². The van der Waals surface area contributed by atoms with E-state index in [-0.39, 0.29) is 50.6 Å². The third-order valence-electron chi connectivity index (χ3n) is 4.40. The lowest BCUT2D eigenvalue weighted by atomic mass is 9.85. The molecule has 0 bridgehead atoms. The summed E-state index contributed by atoms with van der Waals surface area (Å²) >= 11 is 0. The van der Waals surface area contributed by atoms with Gasteiger partial charge < -0.3 is 30.1 Å². The normalized spacial score (nSPS) is 12.4. The van der Waals surface area contributed by atoms with Gasteiger partial charge in [0.05, 0.1) is 19.6 Å². The molecule has 0 saturated carbocycles. The standard InChI is InChI=1S/C21H35BN2O6/c1-15-6-7-16(20(28)24(8-10-25)9-11-26)12-17(15)13-18(23-22(5)29)14-19(27)30-21(2,3)4/h6-7,12,18,23,25-26,29H,8-11,13-14H2,1-5H3/t18-/m0/s1. The molecule has 1 rings (SSSR count). The number of nitrogens with one attached hydrogen (secondary N) is 1. The molecule has 1 amide bonds. The highest BCUT2D eigenvalue weighted by Crippen LogP contribution is 2.18. The number of aryl methyl sites for hydroxylation is 1. The average molecular weight is 422 g/mol. The number of hydrogen-bond acceptors (Lipinski definition) is 7. The Labute approximate surface area is 179 Å². The number of benzene rings is 1. The van der Waals surface area contributed by atoms with Gasteiger partial charge in [0, 0.05) is 24.7 Å². The highest BCUT2D eigenvalue weighted by atomic mass is 16.6. The first-order valence-electron chi connectivity index (χ1n) is 10.2. The highest BCUT2D eigenvalue weighted by Gasteiger charge is 2.24. The van der Waals surface area contributed by atoms with Gasteiger partial charge in [0.25, 0.3) is 5.91 Å². The van der Waals surface area contributed by atoms with E-state index in [1.807, 2.05) is 13.0 Å². The van der Waals surface area contributed by atoms with Gasteiger partial charge in [-0.15, -0.1) is 0 Å². The van der Waals surface area contributed by atoms with Gasteiger partial charge in [0.1, 0.15) is 5.60 Å². The number of amides is 1. The monoisotopic (exact) mass is 422 g/mol. The van der Waals surface area contributed by atoms with E-state index in [1.165, 1.54) is 4.90 Å². The van der Waals surface area contributed by atoms with Crippen LogP contribution in [0, 0.1) is 6.92 Å². The number of rotatable bonds is 11. The second kappa shape index (κ2) is 12.0. The van der Waals surface area contributed by atoms with Gasteiger partial charge in [0.2, 0.25) is 0 Å². The van der Waals surface area contributed by atoms with Gasteiger partial charge in [-0.3, -0.25) is 9.59 Å². The van der Waals surface area contributed by atoms with E-state index in [9.17, 15) is 24.8 Å². The molecule has 0 fully saturated rings. The molecule has 0 heterocycles. The Hall–Kier alpha value is -1.94. The molecule has 0 aliphatic rings. The molecular formula is C21H35BN2O6. The van der Waals surface area contributed by atoms with Crippen LogP contribution in [0.3, 0.4) is 0 Å². The van der Waals surface area contributed by atoms with Crippen LogP contribution in [0.25, 0.3) is 0 Å². The van der Waals surface area contributed by atoms with Crippen molar-refractivity contribution in [3.8, 4) is 0 Å². The molecule has 168 valence electrons. The van der Waals surface area contributed by atoms with Crippen molar-refractivity contribution in [2.24, 2.45) is 0 Å². The maximum Gasteiger partial charge on any atom is 0.373 e. The van der Waals surface area contributed by atoms with Crippen LogP contribution < -0.4 is 5.23 Å². The average Bonchev–Trinajstić information content (AvgIpc) is 2.60. The molecule has 0 spiro atoms. The van der Waals surface area contributed by atoms with Crippen molar-refractivity contribution >= 4 is 18.9 Å². The lowest BCUT2D eigenvalue weighted by molar-refractivity contribution is -0.155. The van der Waals surface area contributed by atoms with E-state index in [2.05, 4.69) is 5.23 Å². The van der Waals surface area contributed by atoms with Crippen LogP contribution in [-0.2, 0) is 16.0 Å². The molecule has 30 heavy (non-hydrogen) atoms. The van der Waals surface area contributed by atoms with Gasteiger partial charge >= 0.3 is 13.0 Å². The van der Waals surface area contributed by atoms with Crippen LogP contribution in [0.5, 0.6) is 0 Å². The zero-order valence-electron chi connectivity index (χ0n) is 18.6. The molecule has 1 aromatic rings. The second-order valence-corrected chi connectivity index (χ2v) is 8.41. The summed E-state index contributed by atoms with van der Waals surface area (Å²) in [6.07, 6.45) is 0.484. The number of hydrogen-bond donors (Lipinski definition) is 4. The van der Waals surface area contributed by atoms with Gasteiger partial charge in [-0.25, -0.2) is 0 Å². The summed E-state index contributed by atoms with van der Waals surface area (Å²) in [5, 5.41) is 31.1. The smallest absolute Gasteiger partial charge is 0.373 e. The van der Waals surface area contributed by atoms with Crippen LogP contribution in [0.2, 0.25) is 6.82 Å². The number of ether oxygens (including phenoxy) is 1. The van der Waals surface area contributed by atoms with Crippen molar-refractivity contribution in [2.45, 2.75) is 59.0 Å². The molecule has 1 aromatic carbocycles. The fraction of sp³-hybridized carbons (Fsp3) is 0.619. The van der Waals surface area contributed by atoms with E-state index < -0.39 is 12.7 Å². The first-order chi connectivity index (χ1) is 14.0. The third-order valence-corrected chi connectivity index (χ3v) is 4.40. The summed E-state index contributed by atoms with van der Waals surface area (Å²) in [4.78, 5) is 26.4. The molecule has 8 nitrogen and oxygen atoms in total. The van der Waals surface area contributed by atoms with Crippen LogP contribution in [-0.4, -0.2) is 77.0 Å². The predicted octanol–water partition coefficient (Wildman–Crippen LogP) is 0.765. The maximum absolute atomic E-state index is 12.8. The Balaban J connectivity index is 3.05. The number of carbonyl (C=O) groups excluding carboxylic acids is 2. The Bertz CT molecular complexity index is 699. The van der Waals surface area contributed by atoms with Crippen LogP contribution in [0.15, 0.2) is 18.2 Å². The van der Waals surface area contributed by atoms with E-state index in [0.717, 1.165) is 11.1 Å². The Morgan fingerprint density at radius 1 is 1.20 bits per heavy atom. The number of nitrogens with zero attached hydrogens (tertiary/aromatic N) is 1. The maximum atomic E-state index is 12.8. The van der Waals surface area contributed by atoms with Gasteiger partial charge in [-0.2, -0.15) is 0 Å². The lowest BCUT2D eigenvalue weighted by Crippen LogP contribution is -2.43. The molecule has 0 saturated heterocycles. The van der Waals surface area contributed by atoms with E-state index >= 15 is 0 Å². The van der Waals surface area contributed by atoms with Crippen molar-refractivity contribution in [3.05, 3.63) is 34.9 Å². The summed E-state index contributed by atoms with van der Waals surface area (Å²) in [5.41, 5.74) is 1.64. The second-order valence-electron chi connectivity index (χ2n) is 8.41. The number of esters is 1. The third kappa shape index (κ3) is 9.25. The summed E-state index contributed by atoms with van der Waals surface area (Å²) in [7, 11) is -0.813. The lowest BCUT2D eigenvalue weighted by Gasteiger charge is -2.24. The van der Waals surface area contributed by atoms with Crippen LogP contribution in [0.1, 0.15) is 48.7 Å². The Morgan fingerprint density at radius 3 is 2.30 bits per heavy atom. The SMILES string of the molecule is CB(O)N[C@H](CC(=O)OC(C)(C)C)Cc1cc(C(=O)N(CCO)CCO)ccc1C. The molecule has 0 radical (unpaired) electrons. The minimum absolute atomic E-state index is 0.0704. The molecule has 0 aliphatic heterocycles. The fourth-order valence-corrected chi connectivity index (χ4v) is 3.14. The first kappa shape index (κ1) is 26.1. The molecule has 0 aromatic heterocycles. The van der Waals surface area contributed by atoms with E-state index in [4.69, 9.17) is 4.74 Å². The van der Waals surface area contributed by atoms with E-state index in [1.54, 1.807) is 39.7 Å². The molecular weight excluding hydrogens is 387 g/mol. The Morgan fingerprint density at radius 2 is 1.80 bits per heavy atom. The Kier molecular flexibility index (Phi) is 10.5. The first-order valence-corrected chi connectivity index (χ1v) is 10.2. The minimum Gasteiger partial charge on any atom is -0.460 e. The molecule has 1 atom stereocenters. The largest absolute Gasteiger partial charge is 0.460 e. The van der Waals surface area contributed by atoms with E-state index in [0.29, 0.717) is 12.0 Å². The number of carbonyl (C=O) groups is 2. The number of aliphatic hydroxyl groups excluding tert-OH is 2. The molecule has 0 aliphatic carbocycles.